The minimum absolute atomic E-state index is 0.122. The number of aryl methyl sites for hydroxylation is 1. The van der Waals surface area contributed by atoms with Gasteiger partial charge < -0.3 is 14.6 Å². The molecule has 0 amide bonds. The van der Waals surface area contributed by atoms with Gasteiger partial charge in [0.2, 0.25) is 0 Å². The lowest BCUT2D eigenvalue weighted by atomic mass is 9.79. The third-order valence-corrected chi connectivity index (χ3v) is 6.59. The molecule has 0 aliphatic heterocycles. The maximum atomic E-state index is 12.0. The molecule has 0 spiro atoms. The van der Waals surface area contributed by atoms with Crippen molar-refractivity contribution in [2.24, 2.45) is 0 Å². The Bertz CT molecular complexity index is 1360. The van der Waals surface area contributed by atoms with Crippen molar-refractivity contribution in [1.82, 2.24) is 15.0 Å². The zero-order valence-corrected chi connectivity index (χ0v) is 24.4. The number of fused-ring (bicyclic) bond motifs is 1. The molecule has 0 radical (unpaired) electrons. The molecule has 8 nitrogen and oxygen atoms in total. The maximum absolute atomic E-state index is 12.0. The van der Waals surface area contributed by atoms with Gasteiger partial charge in [0.15, 0.2) is 0 Å². The summed E-state index contributed by atoms with van der Waals surface area (Å²) in [6.07, 6.45) is 4.75. The molecule has 1 heterocycles. The molecular weight excluding hydrogens is 506 g/mol. The molecule has 40 heavy (non-hydrogen) atoms. The number of unbranched alkanes of at least 4 members (excludes halogenated alkanes) is 3. The average Bonchev–Trinajstić information content (AvgIpc) is 3.31. The van der Waals surface area contributed by atoms with Gasteiger partial charge in [-0.1, -0.05) is 58.9 Å². The Hall–Kier alpha value is -3.94. The predicted molar refractivity (Wildman–Crippen MR) is 157 cm³/mol. The number of carbonyl (C=O) groups is 2. The Morgan fingerprint density at radius 2 is 1.43 bits per heavy atom. The van der Waals surface area contributed by atoms with E-state index in [0.29, 0.717) is 29.9 Å². The van der Waals surface area contributed by atoms with E-state index in [-0.39, 0.29) is 18.3 Å². The third kappa shape index (κ3) is 7.81. The van der Waals surface area contributed by atoms with Gasteiger partial charge in [0.25, 0.3) is 0 Å². The molecule has 0 saturated carbocycles. The van der Waals surface area contributed by atoms with Crippen LogP contribution in [0.1, 0.15) is 77.0 Å². The maximum Gasteiger partial charge on any atom is 0.333 e. The lowest BCUT2D eigenvalue weighted by molar-refractivity contribution is -0.139. The van der Waals surface area contributed by atoms with Gasteiger partial charge in [-0.15, -0.1) is 15.0 Å². The van der Waals surface area contributed by atoms with Crippen LogP contribution in [0.25, 0.3) is 16.7 Å². The van der Waals surface area contributed by atoms with Crippen molar-refractivity contribution in [2.75, 3.05) is 13.2 Å². The zero-order chi connectivity index (χ0) is 29.4. The second-order valence-corrected chi connectivity index (χ2v) is 11.2. The molecule has 214 valence electrons. The van der Waals surface area contributed by atoms with Crippen LogP contribution < -0.4 is 0 Å². The highest BCUT2D eigenvalue weighted by atomic mass is 16.5. The molecule has 8 heteroatoms. The molecule has 0 fully saturated rings. The molecule has 0 bridgehead atoms. The first-order chi connectivity index (χ1) is 18.9. The van der Waals surface area contributed by atoms with Gasteiger partial charge in [-0.25, -0.2) is 9.59 Å². The molecule has 0 aliphatic rings. The number of phenols is 1. The number of carbonyl (C=O) groups excluding carboxylic acids is 2. The molecule has 0 saturated heterocycles. The van der Waals surface area contributed by atoms with Gasteiger partial charge in [-0.3, -0.25) is 0 Å². The largest absolute Gasteiger partial charge is 0.505 e. The van der Waals surface area contributed by atoms with E-state index in [0.717, 1.165) is 59.8 Å². The number of phenolic OH excluding ortho intramolecular Hbond substituents is 1. The van der Waals surface area contributed by atoms with Gasteiger partial charge in [0, 0.05) is 23.1 Å². The Morgan fingerprint density at radius 1 is 0.875 bits per heavy atom. The topological polar surface area (TPSA) is 104 Å². The number of rotatable bonds is 13. The number of hydrogen-bond acceptors (Lipinski definition) is 7. The number of ether oxygens (including phenoxy) is 2. The van der Waals surface area contributed by atoms with E-state index in [9.17, 15) is 14.7 Å². The van der Waals surface area contributed by atoms with Crippen molar-refractivity contribution in [2.45, 2.75) is 78.6 Å². The van der Waals surface area contributed by atoms with Gasteiger partial charge in [0.05, 0.1) is 13.2 Å². The summed E-state index contributed by atoms with van der Waals surface area (Å²) in [6.45, 7) is 17.2. The Morgan fingerprint density at radius 3 is 1.98 bits per heavy atom. The van der Waals surface area contributed by atoms with Crippen molar-refractivity contribution in [1.29, 1.82) is 0 Å². The fourth-order valence-corrected chi connectivity index (χ4v) is 4.62. The van der Waals surface area contributed by atoms with Gasteiger partial charge in [-0.2, -0.15) is 0 Å². The SMILES string of the molecule is C=C(C)C(=O)OCCCCCCc1cc(-n2nc3ccccc3n2)c(O)c(C(C)(C)C)c1CCOC(=O)C(=C)C. The minimum Gasteiger partial charge on any atom is -0.505 e. The van der Waals surface area contributed by atoms with Crippen LogP contribution in [0.15, 0.2) is 54.6 Å². The summed E-state index contributed by atoms with van der Waals surface area (Å²) in [5, 5.41) is 20.8. The summed E-state index contributed by atoms with van der Waals surface area (Å²) >= 11 is 0. The number of aromatic nitrogens is 3. The molecule has 1 aromatic heterocycles. The standard InChI is InChI=1S/C32H41N3O5/c1-21(2)30(37)39-18-13-9-8-10-14-23-20-27(35-33-25-15-11-12-16-26(25)34-35)29(36)28(32(5,6)7)24(23)17-19-40-31(38)22(3)4/h11-12,15-16,20,36H,1,3,8-10,13-14,17-19H2,2,4-7H3. The van der Waals surface area contributed by atoms with E-state index in [1.54, 1.807) is 13.8 Å². The molecule has 0 unspecified atom stereocenters. The first-order valence-electron chi connectivity index (χ1n) is 13.8. The summed E-state index contributed by atoms with van der Waals surface area (Å²) in [7, 11) is 0. The fourth-order valence-electron chi connectivity index (χ4n) is 4.62. The van der Waals surface area contributed by atoms with Gasteiger partial charge in [0.1, 0.15) is 22.5 Å². The highest BCUT2D eigenvalue weighted by molar-refractivity contribution is 5.87. The van der Waals surface area contributed by atoms with Crippen LogP contribution in [0.4, 0.5) is 0 Å². The molecule has 0 atom stereocenters. The van der Waals surface area contributed by atoms with Crippen molar-refractivity contribution in [3.8, 4) is 11.4 Å². The highest BCUT2D eigenvalue weighted by Gasteiger charge is 2.28. The normalized spacial score (nSPS) is 11.4. The molecular formula is C32H41N3O5. The fraction of sp³-hybridized carbons (Fsp3) is 0.438. The van der Waals surface area contributed by atoms with Crippen LogP contribution in [-0.2, 0) is 37.3 Å². The van der Waals surface area contributed by atoms with Crippen LogP contribution in [0.3, 0.4) is 0 Å². The smallest absolute Gasteiger partial charge is 0.333 e. The van der Waals surface area contributed by atoms with Crippen molar-refractivity contribution in [3.05, 3.63) is 71.3 Å². The van der Waals surface area contributed by atoms with Crippen molar-refractivity contribution < 1.29 is 24.2 Å². The van der Waals surface area contributed by atoms with Crippen LogP contribution in [0.2, 0.25) is 0 Å². The van der Waals surface area contributed by atoms with Crippen LogP contribution in [0.5, 0.6) is 5.75 Å². The first-order valence-corrected chi connectivity index (χ1v) is 13.8. The zero-order valence-electron chi connectivity index (χ0n) is 24.4. The Balaban J connectivity index is 1.90. The molecule has 0 aliphatic carbocycles. The quantitative estimate of drug-likeness (QED) is 0.152. The van der Waals surface area contributed by atoms with Crippen LogP contribution in [-0.4, -0.2) is 45.3 Å². The van der Waals surface area contributed by atoms with Crippen molar-refractivity contribution in [3.63, 3.8) is 0 Å². The number of esters is 2. The lowest BCUT2D eigenvalue weighted by Crippen LogP contribution is -2.20. The Kier molecular flexibility index (Phi) is 10.3. The second kappa shape index (κ2) is 13.4. The number of benzene rings is 2. The highest BCUT2D eigenvalue weighted by Crippen LogP contribution is 2.40. The van der Waals surface area contributed by atoms with Gasteiger partial charge in [-0.05, 0) is 67.9 Å². The molecule has 3 rings (SSSR count). The van der Waals surface area contributed by atoms with E-state index >= 15 is 0 Å². The van der Waals surface area contributed by atoms with E-state index in [1.807, 2.05) is 30.3 Å². The van der Waals surface area contributed by atoms with E-state index < -0.39 is 11.4 Å². The summed E-state index contributed by atoms with van der Waals surface area (Å²) in [5.74, 6) is -0.667. The summed E-state index contributed by atoms with van der Waals surface area (Å²) in [4.78, 5) is 25.1. The lowest BCUT2D eigenvalue weighted by Gasteiger charge is -2.28. The first kappa shape index (κ1) is 30.6. The summed E-state index contributed by atoms with van der Waals surface area (Å²) < 4.78 is 10.6. The van der Waals surface area contributed by atoms with E-state index in [1.165, 1.54) is 4.80 Å². The number of nitrogens with zero attached hydrogens (tertiary/aromatic N) is 3. The van der Waals surface area contributed by atoms with Crippen molar-refractivity contribution >= 4 is 23.0 Å². The summed E-state index contributed by atoms with van der Waals surface area (Å²) in [5.41, 5.74) is 5.16. The van der Waals surface area contributed by atoms with Crippen LogP contribution >= 0.6 is 0 Å². The number of aromatic hydroxyl groups is 1. The van der Waals surface area contributed by atoms with E-state index in [4.69, 9.17) is 9.47 Å². The molecule has 1 N–H and O–H groups in total. The average molecular weight is 548 g/mol. The number of hydrogen-bond donors (Lipinski definition) is 1. The monoisotopic (exact) mass is 547 g/mol. The van der Waals surface area contributed by atoms with Gasteiger partial charge >= 0.3 is 11.9 Å². The Labute approximate surface area is 236 Å². The molecule has 2 aromatic carbocycles. The van der Waals surface area contributed by atoms with E-state index in [2.05, 4.69) is 44.1 Å². The second-order valence-electron chi connectivity index (χ2n) is 11.2. The minimum atomic E-state index is -0.431. The third-order valence-electron chi connectivity index (χ3n) is 6.59. The van der Waals surface area contributed by atoms with Crippen LogP contribution in [0, 0.1) is 0 Å². The predicted octanol–water partition coefficient (Wildman–Crippen LogP) is 6.31. The summed E-state index contributed by atoms with van der Waals surface area (Å²) in [6, 6.07) is 9.54. The molecule has 3 aromatic rings.